The number of aliphatic hydroxyl groups is 2. The fourth-order valence-corrected chi connectivity index (χ4v) is 8.67. The maximum atomic E-state index is 14.4. The van der Waals surface area contributed by atoms with Crippen LogP contribution in [0.5, 0.6) is 23.0 Å². The van der Waals surface area contributed by atoms with Gasteiger partial charge in [-0.25, -0.2) is 4.79 Å². The smallest absolute Gasteiger partial charge is 0.410 e. The molecule has 13 heteroatoms. The maximum absolute atomic E-state index is 14.4. The highest BCUT2D eigenvalue weighted by molar-refractivity contribution is 6.18. The van der Waals surface area contributed by atoms with Gasteiger partial charge in [-0.15, -0.1) is 18.2 Å². The minimum Gasteiger partial charge on any atom is -0.508 e. The number of alkyl halides is 1. The SMILES string of the molecule is C=CCOC12Oc3ccc(O)cc3C3C(CCCCO)C(CCCCO)C=C(C(=NOC(C)(C)C)CC1N(Cc1ccc4c(c1)OCO4)C(=O)OCCCl)C32. The number of amides is 1. The quantitative estimate of drug-likeness (QED) is 0.0641. The van der Waals surface area contributed by atoms with Gasteiger partial charge in [0.2, 0.25) is 12.6 Å². The van der Waals surface area contributed by atoms with Crippen molar-refractivity contribution in [3.05, 3.63) is 71.8 Å². The van der Waals surface area contributed by atoms with E-state index in [0.29, 0.717) is 35.8 Å². The molecule has 0 saturated heterocycles. The Kier molecular flexibility index (Phi) is 13.2. The summed E-state index contributed by atoms with van der Waals surface area (Å²) in [6, 6.07) is 9.87. The first-order chi connectivity index (χ1) is 26.5. The molecule has 55 heavy (non-hydrogen) atoms. The molecular formula is C42H55ClN2O10. The Morgan fingerprint density at radius 2 is 1.80 bits per heavy atom. The minimum atomic E-state index is -1.49. The van der Waals surface area contributed by atoms with Crippen LogP contribution in [0, 0.1) is 17.8 Å². The second-order valence-corrected chi connectivity index (χ2v) is 16.0. The van der Waals surface area contributed by atoms with E-state index < -0.39 is 29.4 Å². The summed E-state index contributed by atoms with van der Waals surface area (Å²) in [6.45, 7) is 10.2. The van der Waals surface area contributed by atoms with Gasteiger partial charge >= 0.3 is 6.09 Å². The zero-order valence-electron chi connectivity index (χ0n) is 32.1. The highest BCUT2D eigenvalue weighted by Crippen LogP contribution is 2.62. The van der Waals surface area contributed by atoms with Gasteiger partial charge in [0.1, 0.15) is 29.7 Å². The molecule has 4 aliphatic rings. The number of halogens is 1. The van der Waals surface area contributed by atoms with Crippen LogP contribution in [-0.2, 0) is 20.9 Å². The maximum Gasteiger partial charge on any atom is 0.410 e. The van der Waals surface area contributed by atoms with Crippen LogP contribution >= 0.6 is 11.6 Å². The fraction of sp³-hybridized carbons (Fsp3) is 0.571. The first-order valence-electron chi connectivity index (χ1n) is 19.4. The van der Waals surface area contributed by atoms with Crippen molar-refractivity contribution in [3.63, 3.8) is 0 Å². The lowest BCUT2D eigenvalue weighted by Gasteiger charge is -2.59. The van der Waals surface area contributed by atoms with Crippen molar-refractivity contribution < 1.29 is 48.6 Å². The van der Waals surface area contributed by atoms with E-state index >= 15 is 0 Å². The number of oxime groups is 1. The Labute approximate surface area is 328 Å². The fourth-order valence-electron chi connectivity index (χ4n) is 8.60. The van der Waals surface area contributed by atoms with Crippen molar-refractivity contribution in [3.8, 4) is 23.0 Å². The molecule has 2 aliphatic carbocycles. The number of rotatable bonds is 17. The van der Waals surface area contributed by atoms with E-state index in [4.69, 9.17) is 45.3 Å². The summed E-state index contributed by atoms with van der Waals surface area (Å²) in [7, 11) is 0. The molecule has 6 rings (SSSR count). The molecule has 3 N–H and O–H groups in total. The second kappa shape index (κ2) is 17.9. The third-order valence-electron chi connectivity index (χ3n) is 10.8. The zero-order chi connectivity index (χ0) is 39.2. The lowest BCUT2D eigenvalue weighted by atomic mass is 9.55. The standard InChI is InChI=1S/C42H55ClN2O10/c1-5-19-53-42-37(45(40(49)50-20-16-43)25-27-12-14-35-36(21-27)52-26-51-35)24-33(44-55-41(2,3)4)31-22-28(10-6-8-17-46)30(11-7-9-18-47)38(39(31)42)32-23-29(48)13-15-34(32)54-42/h5,12-15,21-23,28,30,37-39,46-48H,1,6-11,16-20,24-26H2,2-4H3. The Morgan fingerprint density at radius 1 is 1.05 bits per heavy atom. The molecule has 0 spiro atoms. The Balaban J connectivity index is 1.59. The van der Waals surface area contributed by atoms with E-state index in [1.54, 1.807) is 29.2 Å². The molecule has 6 atom stereocenters. The summed E-state index contributed by atoms with van der Waals surface area (Å²) in [5, 5.41) is 35.4. The van der Waals surface area contributed by atoms with Crippen LogP contribution in [0.2, 0.25) is 0 Å². The molecule has 2 aliphatic heterocycles. The van der Waals surface area contributed by atoms with Gasteiger partial charge in [-0.3, -0.25) is 4.90 Å². The summed E-state index contributed by atoms with van der Waals surface area (Å²) < 4.78 is 31.2. The van der Waals surface area contributed by atoms with Crippen LogP contribution in [0.3, 0.4) is 0 Å². The molecule has 1 fully saturated rings. The number of allylic oxidation sites excluding steroid dienone is 1. The summed E-state index contributed by atoms with van der Waals surface area (Å²) in [4.78, 5) is 22.2. The van der Waals surface area contributed by atoms with E-state index in [2.05, 4.69) is 12.7 Å². The number of nitrogens with zero attached hydrogens (tertiary/aromatic N) is 2. The molecule has 0 radical (unpaired) electrons. The second-order valence-electron chi connectivity index (χ2n) is 15.6. The van der Waals surface area contributed by atoms with E-state index in [9.17, 15) is 20.1 Å². The van der Waals surface area contributed by atoms with Crippen LogP contribution in [0.15, 0.2) is 65.9 Å². The zero-order valence-corrected chi connectivity index (χ0v) is 32.8. The van der Waals surface area contributed by atoms with Gasteiger partial charge in [0.25, 0.3) is 0 Å². The number of hydrogen-bond donors (Lipinski definition) is 3. The predicted molar refractivity (Wildman–Crippen MR) is 208 cm³/mol. The third kappa shape index (κ3) is 8.88. The molecule has 1 amide bonds. The van der Waals surface area contributed by atoms with Crippen molar-refractivity contribution in [1.29, 1.82) is 0 Å². The summed E-state index contributed by atoms with van der Waals surface area (Å²) in [5.74, 6) is -0.266. The van der Waals surface area contributed by atoms with Gasteiger partial charge in [0, 0.05) is 37.7 Å². The number of aliphatic hydroxyl groups excluding tert-OH is 2. The summed E-state index contributed by atoms with van der Waals surface area (Å²) in [5.41, 5.74) is 2.53. The van der Waals surface area contributed by atoms with Crippen LogP contribution < -0.4 is 14.2 Å². The van der Waals surface area contributed by atoms with Gasteiger partial charge in [0.05, 0.1) is 24.1 Å². The third-order valence-corrected chi connectivity index (χ3v) is 10.9. The van der Waals surface area contributed by atoms with Crippen LogP contribution in [-0.4, -0.2) is 88.6 Å². The van der Waals surface area contributed by atoms with Crippen molar-refractivity contribution in [1.82, 2.24) is 4.90 Å². The summed E-state index contributed by atoms with van der Waals surface area (Å²) >= 11 is 6.06. The monoisotopic (exact) mass is 782 g/mol. The van der Waals surface area contributed by atoms with Crippen LogP contribution in [0.4, 0.5) is 4.79 Å². The van der Waals surface area contributed by atoms with Crippen molar-refractivity contribution in [2.75, 3.05) is 39.1 Å². The number of hydrogen-bond acceptors (Lipinski definition) is 11. The van der Waals surface area contributed by atoms with Crippen molar-refractivity contribution >= 4 is 23.4 Å². The predicted octanol–water partition coefficient (Wildman–Crippen LogP) is 7.43. The number of carbonyl (C=O) groups is 1. The van der Waals surface area contributed by atoms with Gasteiger partial charge < -0.3 is 43.8 Å². The first-order valence-corrected chi connectivity index (χ1v) is 19.9. The highest BCUT2D eigenvalue weighted by Gasteiger charge is 2.65. The van der Waals surface area contributed by atoms with Gasteiger partial charge in [-0.2, -0.15) is 0 Å². The van der Waals surface area contributed by atoms with Crippen molar-refractivity contribution in [2.24, 2.45) is 22.9 Å². The lowest BCUT2D eigenvalue weighted by Crippen LogP contribution is -2.70. The van der Waals surface area contributed by atoms with E-state index in [-0.39, 0.29) is 75.6 Å². The first kappa shape index (κ1) is 40.7. The largest absolute Gasteiger partial charge is 0.508 e. The molecule has 0 bridgehead atoms. The van der Waals surface area contributed by atoms with Crippen LogP contribution in [0.1, 0.15) is 82.8 Å². The molecule has 1 saturated carbocycles. The normalized spacial score (nSPS) is 25.7. The van der Waals surface area contributed by atoms with Gasteiger partial charge in [-0.05, 0) is 99.8 Å². The number of benzene rings is 2. The Hall–Kier alpha value is -3.97. The molecule has 0 aromatic heterocycles. The Bertz CT molecular complexity index is 1730. The molecule has 12 nitrogen and oxygen atoms in total. The number of fused-ring (bicyclic) bond motifs is 3. The van der Waals surface area contributed by atoms with Crippen LogP contribution in [0.25, 0.3) is 0 Å². The molecule has 2 aromatic rings. The minimum absolute atomic E-state index is 0.0119. The molecule has 2 aromatic carbocycles. The number of unbranched alkanes of at least 4 members (excludes halogenated alkanes) is 2. The number of phenols is 1. The molecule has 2 heterocycles. The summed E-state index contributed by atoms with van der Waals surface area (Å²) in [6.07, 6.45) is 8.00. The lowest BCUT2D eigenvalue weighted by molar-refractivity contribution is -0.256. The topological polar surface area (TPSA) is 149 Å². The number of carbonyl (C=O) groups excluding carboxylic acids is 1. The van der Waals surface area contributed by atoms with Crippen molar-refractivity contribution in [2.45, 2.75) is 95.6 Å². The molecule has 300 valence electrons. The van der Waals surface area contributed by atoms with Gasteiger partial charge in [0.15, 0.2) is 11.5 Å². The number of phenolic OH excluding ortho intramolecular Hbond substituents is 1. The van der Waals surface area contributed by atoms with E-state index in [0.717, 1.165) is 42.4 Å². The average Bonchev–Trinajstić information content (AvgIpc) is 3.64. The average molecular weight is 783 g/mol. The number of aromatic hydroxyl groups is 1. The Morgan fingerprint density at radius 3 is 2.53 bits per heavy atom. The van der Waals surface area contributed by atoms with E-state index in [1.165, 1.54) is 0 Å². The van der Waals surface area contributed by atoms with Gasteiger partial charge in [-0.1, -0.05) is 36.2 Å². The van der Waals surface area contributed by atoms with E-state index in [1.807, 2.05) is 39.0 Å². The highest BCUT2D eigenvalue weighted by atomic mass is 35.5. The molecule has 6 unspecified atom stereocenters. The molecular weight excluding hydrogens is 728 g/mol. The number of ether oxygens (including phenoxy) is 5.